The highest BCUT2D eigenvalue weighted by atomic mass is 16.5. The maximum atomic E-state index is 6.12. The van der Waals surface area contributed by atoms with Crippen LogP contribution in [0.3, 0.4) is 0 Å². The summed E-state index contributed by atoms with van der Waals surface area (Å²) in [6, 6.07) is 15.8. The van der Waals surface area contributed by atoms with Gasteiger partial charge in [-0.25, -0.2) is 4.98 Å². The lowest BCUT2D eigenvalue weighted by Crippen LogP contribution is -2.04. The van der Waals surface area contributed by atoms with Crippen molar-refractivity contribution in [2.24, 2.45) is 0 Å². The van der Waals surface area contributed by atoms with Crippen LogP contribution in [0.5, 0.6) is 17.4 Å². The van der Waals surface area contributed by atoms with E-state index in [4.69, 9.17) is 9.47 Å². The Morgan fingerprint density at radius 3 is 2.38 bits per heavy atom. The summed E-state index contributed by atoms with van der Waals surface area (Å²) >= 11 is 0. The molecule has 0 radical (unpaired) electrons. The number of anilines is 1. The van der Waals surface area contributed by atoms with Crippen LogP contribution in [0.15, 0.2) is 54.7 Å². The molecule has 134 valence electrons. The minimum Gasteiger partial charge on any atom is -0.489 e. The van der Waals surface area contributed by atoms with Crippen molar-refractivity contribution in [3.63, 3.8) is 0 Å². The van der Waals surface area contributed by atoms with Gasteiger partial charge in [-0.1, -0.05) is 18.2 Å². The highest BCUT2D eigenvalue weighted by molar-refractivity contribution is 5.54. The van der Waals surface area contributed by atoms with Crippen molar-refractivity contribution >= 4 is 5.69 Å². The summed E-state index contributed by atoms with van der Waals surface area (Å²) < 4.78 is 12.0. The van der Waals surface area contributed by atoms with Gasteiger partial charge in [-0.3, -0.25) is 0 Å². The summed E-state index contributed by atoms with van der Waals surface area (Å²) in [5.41, 5.74) is 5.51. The third kappa shape index (κ3) is 3.97. The lowest BCUT2D eigenvalue weighted by molar-refractivity contribution is 0.303. The predicted molar refractivity (Wildman–Crippen MR) is 105 cm³/mol. The molecule has 1 heterocycles. The lowest BCUT2D eigenvalue weighted by Gasteiger charge is -2.16. The zero-order chi connectivity index (χ0) is 18.5. The second-order valence-electron chi connectivity index (χ2n) is 6.29. The van der Waals surface area contributed by atoms with E-state index in [-0.39, 0.29) is 0 Å². The van der Waals surface area contributed by atoms with Gasteiger partial charge in [0, 0.05) is 30.6 Å². The average Bonchev–Trinajstić information content (AvgIpc) is 2.65. The quantitative estimate of drug-likeness (QED) is 0.646. The summed E-state index contributed by atoms with van der Waals surface area (Å²) in [7, 11) is 1.93. The van der Waals surface area contributed by atoms with Crippen LogP contribution in [-0.2, 0) is 6.61 Å². The first-order valence-electron chi connectivity index (χ1n) is 8.67. The van der Waals surface area contributed by atoms with Crippen molar-refractivity contribution in [2.75, 3.05) is 12.4 Å². The van der Waals surface area contributed by atoms with Gasteiger partial charge in [-0.15, -0.1) is 0 Å². The zero-order valence-corrected chi connectivity index (χ0v) is 15.7. The largest absolute Gasteiger partial charge is 0.489 e. The molecule has 0 aliphatic carbocycles. The van der Waals surface area contributed by atoms with Gasteiger partial charge in [0.25, 0.3) is 0 Å². The van der Waals surface area contributed by atoms with Gasteiger partial charge in [0.2, 0.25) is 5.88 Å². The monoisotopic (exact) mass is 348 g/mol. The first-order chi connectivity index (χ1) is 12.6. The van der Waals surface area contributed by atoms with Gasteiger partial charge in [-0.05, 0) is 61.7 Å². The molecule has 1 aromatic heterocycles. The molecule has 0 aliphatic rings. The topological polar surface area (TPSA) is 43.4 Å². The van der Waals surface area contributed by atoms with E-state index in [2.05, 4.69) is 29.4 Å². The maximum absolute atomic E-state index is 6.12. The smallest absolute Gasteiger partial charge is 0.219 e. The summed E-state index contributed by atoms with van der Waals surface area (Å²) in [5.74, 6) is 2.24. The fourth-order valence-electron chi connectivity index (χ4n) is 2.83. The van der Waals surface area contributed by atoms with E-state index in [0.717, 1.165) is 28.3 Å². The molecule has 0 unspecified atom stereocenters. The molecule has 3 aromatic rings. The highest BCUT2D eigenvalue weighted by Crippen LogP contribution is 2.31. The van der Waals surface area contributed by atoms with Crippen molar-refractivity contribution in [3.05, 3.63) is 77.0 Å². The number of rotatable bonds is 6. The molecule has 0 aliphatic heterocycles. The molecule has 0 fully saturated rings. The molecule has 4 nitrogen and oxygen atoms in total. The van der Waals surface area contributed by atoms with E-state index in [9.17, 15) is 0 Å². The van der Waals surface area contributed by atoms with Gasteiger partial charge in [0.15, 0.2) is 0 Å². The number of ether oxygens (including phenoxy) is 2. The van der Waals surface area contributed by atoms with Gasteiger partial charge >= 0.3 is 0 Å². The van der Waals surface area contributed by atoms with Crippen LogP contribution in [0.25, 0.3) is 0 Å². The van der Waals surface area contributed by atoms with Crippen LogP contribution < -0.4 is 14.8 Å². The van der Waals surface area contributed by atoms with E-state index < -0.39 is 0 Å². The lowest BCUT2D eigenvalue weighted by atomic mass is 10.1. The van der Waals surface area contributed by atoms with Gasteiger partial charge < -0.3 is 14.8 Å². The van der Waals surface area contributed by atoms with Gasteiger partial charge in [0.05, 0.1) is 0 Å². The number of aromatic nitrogens is 1. The first kappa shape index (κ1) is 17.8. The number of aryl methyl sites for hydroxylation is 3. The van der Waals surface area contributed by atoms with Crippen LogP contribution in [0.1, 0.15) is 22.3 Å². The summed E-state index contributed by atoms with van der Waals surface area (Å²) in [6.45, 7) is 6.65. The SMILES string of the molecule is CNc1cccc(C)c1COc1cc(C)c(Oc2ccccn2)cc1C. The molecule has 0 saturated heterocycles. The maximum Gasteiger partial charge on any atom is 0.219 e. The van der Waals surface area contributed by atoms with E-state index in [1.54, 1.807) is 6.20 Å². The molecular formula is C22H24N2O2. The third-order valence-corrected chi connectivity index (χ3v) is 4.38. The number of benzene rings is 2. The summed E-state index contributed by atoms with van der Waals surface area (Å²) in [4.78, 5) is 4.21. The van der Waals surface area contributed by atoms with E-state index in [1.165, 1.54) is 11.1 Å². The molecule has 0 amide bonds. The summed E-state index contributed by atoms with van der Waals surface area (Å²) in [6.07, 6.45) is 1.72. The fraction of sp³-hybridized carbons (Fsp3) is 0.227. The molecular weight excluding hydrogens is 324 g/mol. The third-order valence-electron chi connectivity index (χ3n) is 4.38. The molecule has 0 atom stereocenters. The Labute approximate surface area is 154 Å². The summed E-state index contributed by atoms with van der Waals surface area (Å²) in [5, 5.41) is 3.23. The second-order valence-corrected chi connectivity index (χ2v) is 6.29. The van der Waals surface area contributed by atoms with Crippen molar-refractivity contribution in [1.82, 2.24) is 4.98 Å². The average molecular weight is 348 g/mol. The van der Waals surface area contributed by atoms with Crippen LogP contribution in [0.4, 0.5) is 5.69 Å². The van der Waals surface area contributed by atoms with Gasteiger partial charge in [0.1, 0.15) is 18.1 Å². The minimum atomic E-state index is 0.517. The van der Waals surface area contributed by atoms with Crippen LogP contribution in [0.2, 0.25) is 0 Å². The molecule has 2 aromatic carbocycles. The fourth-order valence-corrected chi connectivity index (χ4v) is 2.83. The standard InChI is InChI=1S/C22H24N2O2/c1-15-8-7-9-19(23-4)18(15)14-25-20-12-17(3)21(13-16(20)2)26-22-10-5-6-11-24-22/h5-13,23H,14H2,1-4H3. The number of pyridine rings is 1. The zero-order valence-electron chi connectivity index (χ0n) is 15.7. The Bertz CT molecular complexity index is 892. The van der Waals surface area contributed by atoms with Crippen molar-refractivity contribution < 1.29 is 9.47 Å². The number of hydrogen-bond donors (Lipinski definition) is 1. The van der Waals surface area contributed by atoms with E-state index >= 15 is 0 Å². The molecule has 1 N–H and O–H groups in total. The molecule has 3 rings (SSSR count). The minimum absolute atomic E-state index is 0.517. The van der Waals surface area contributed by atoms with Crippen LogP contribution in [0, 0.1) is 20.8 Å². The molecule has 0 bridgehead atoms. The van der Waals surface area contributed by atoms with Crippen molar-refractivity contribution in [3.8, 4) is 17.4 Å². The molecule has 0 spiro atoms. The Hall–Kier alpha value is -3.01. The first-order valence-corrected chi connectivity index (χ1v) is 8.67. The Balaban J connectivity index is 1.79. The van der Waals surface area contributed by atoms with Crippen molar-refractivity contribution in [1.29, 1.82) is 0 Å². The Kier molecular flexibility index (Phi) is 5.42. The highest BCUT2D eigenvalue weighted by Gasteiger charge is 2.10. The normalized spacial score (nSPS) is 10.5. The van der Waals surface area contributed by atoms with E-state index in [0.29, 0.717) is 12.5 Å². The number of hydrogen-bond acceptors (Lipinski definition) is 4. The van der Waals surface area contributed by atoms with Crippen LogP contribution in [-0.4, -0.2) is 12.0 Å². The molecule has 26 heavy (non-hydrogen) atoms. The molecule has 0 saturated carbocycles. The van der Waals surface area contributed by atoms with E-state index in [1.807, 2.05) is 57.3 Å². The Morgan fingerprint density at radius 2 is 1.65 bits per heavy atom. The van der Waals surface area contributed by atoms with Gasteiger partial charge in [-0.2, -0.15) is 0 Å². The van der Waals surface area contributed by atoms with Crippen LogP contribution >= 0.6 is 0 Å². The van der Waals surface area contributed by atoms with Crippen molar-refractivity contribution in [2.45, 2.75) is 27.4 Å². The second kappa shape index (κ2) is 7.91. The molecule has 4 heteroatoms. The number of nitrogens with one attached hydrogen (secondary N) is 1. The number of nitrogens with zero attached hydrogens (tertiary/aromatic N) is 1. The Morgan fingerprint density at radius 1 is 0.885 bits per heavy atom. The predicted octanol–water partition coefficient (Wildman–Crippen LogP) is 5.42.